The van der Waals surface area contributed by atoms with Crippen molar-refractivity contribution in [3.05, 3.63) is 33.7 Å². The van der Waals surface area contributed by atoms with Gasteiger partial charge >= 0.3 is 5.97 Å². The fourth-order valence-corrected chi connectivity index (χ4v) is 0.951. The second kappa shape index (κ2) is 3.21. The molecule has 0 atom stereocenters. The third kappa shape index (κ3) is 1.37. The van der Waals surface area contributed by atoms with Crippen molar-refractivity contribution in [2.24, 2.45) is 0 Å². The summed E-state index contributed by atoms with van der Waals surface area (Å²) in [5, 5.41) is 8.57. The minimum absolute atomic E-state index is 0.200. The third-order valence-electron chi connectivity index (χ3n) is 1.63. The molecule has 0 saturated heterocycles. The topological polar surface area (TPSA) is 70.2 Å². The average Bonchev–Trinajstić information content (AvgIpc) is 2.04. The van der Waals surface area contributed by atoms with E-state index in [1.807, 2.05) is 0 Å². The maximum absolute atomic E-state index is 11.2. The monoisotopic (exact) mass is 167 g/mol. The highest BCUT2D eigenvalue weighted by Gasteiger charge is 2.09. The number of rotatable bonds is 2. The molecule has 0 spiro atoms. The Kier molecular flexibility index (Phi) is 2.28. The van der Waals surface area contributed by atoms with Crippen molar-refractivity contribution < 1.29 is 9.90 Å². The van der Waals surface area contributed by atoms with Gasteiger partial charge in [0.05, 0.1) is 0 Å². The summed E-state index contributed by atoms with van der Waals surface area (Å²) < 4.78 is 0. The smallest absolute Gasteiger partial charge is 0.341 e. The van der Waals surface area contributed by atoms with Gasteiger partial charge in [0.25, 0.3) is 0 Å². The fourth-order valence-electron chi connectivity index (χ4n) is 0.951. The first kappa shape index (κ1) is 8.52. The molecule has 1 aromatic rings. The highest BCUT2D eigenvalue weighted by molar-refractivity contribution is 5.87. The Bertz CT molecular complexity index is 354. The van der Waals surface area contributed by atoms with Crippen LogP contribution < -0.4 is 5.43 Å². The van der Waals surface area contributed by atoms with Gasteiger partial charge in [0.15, 0.2) is 5.43 Å². The summed E-state index contributed by atoms with van der Waals surface area (Å²) in [6, 6.07) is 0. The van der Waals surface area contributed by atoms with Crippen molar-refractivity contribution in [3.8, 4) is 0 Å². The quantitative estimate of drug-likeness (QED) is 0.678. The SMILES string of the molecule is CCc1c[nH]cc(C(=O)O)c1=O. The second-order valence-electron chi connectivity index (χ2n) is 2.38. The van der Waals surface area contributed by atoms with Gasteiger partial charge in [-0.2, -0.15) is 0 Å². The summed E-state index contributed by atoms with van der Waals surface area (Å²) in [5.74, 6) is -1.19. The minimum Gasteiger partial charge on any atom is -0.477 e. The molecular weight excluding hydrogens is 158 g/mol. The van der Waals surface area contributed by atoms with E-state index < -0.39 is 11.4 Å². The van der Waals surface area contributed by atoms with Crippen LogP contribution in [0.3, 0.4) is 0 Å². The van der Waals surface area contributed by atoms with Crippen LogP contribution in [-0.4, -0.2) is 16.1 Å². The molecule has 0 unspecified atom stereocenters. The molecule has 0 aromatic carbocycles. The number of aromatic carboxylic acids is 1. The number of hydrogen-bond acceptors (Lipinski definition) is 2. The van der Waals surface area contributed by atoms with Gasteiger partial charge in [-0.1, -0.05) is 6.92 Å². The lowest BCUT2D eigenvalue weighted by Gasteiger charge is -1.96. The zero-order chi connectivity index (χ0) is 9.14. The predicted octanol–water partition coefficient (Wildman–Crippen LogP) is 0.635. The third-order valence-corrected chi connectivity index (χ3v) is 1.63. The van der Waals surface area contributed by atoms with Crippen LogP contribution in [0.15, 0.2) is 17.2 Å². The van der Waals surface area contributed by atoms with E-state index in [9.17, 15) is 9.59 Å². The molecule has 1 rings (SSSR count). The number of aryl methyl sites for hydroxylation is 1. The molecule has 64 valence electrons. The van der Waals surface area contributed by atoms with Crippen molar-refractivity contribution in [1.82, 2.24) is 4.98 Å². The van der Waals surface area contributed by atoms with Gasteiger partial charge < -0.3 is 10.1 Å². The highest BCUT2D eigenvalue weighted by atomic mass is 16.4. The molecule has 4 nitrogen and oxygen atoms in total. The van der Waals surface area contributed by atoms with Crippen LogP contribution in [0.5, 0.6) is 0 Å². The van der Waals surface area contributed by atoms with Crippen molar-refractivity contribution in [2.45, 2.75) is 13.3 Å². The van der Waals surface area contributed by atoms with Gasteiger partial charge in [0.2, 0.25) is 0 Å². The number of aromatic nitrogens is 1. The molecular formula is C8H9NO3. The van der Waals surface area contributed by atoms with E-state index in [1.165, 1.54) is 12.4 Å². The molecule has 1 heterocycles. The van der Waals surface area contributed by atoms with Crippen LogP contribution in [0.4, 0.5) is 0 Å². The molecule has 0 saturated carbocycles. The van der Waals surface area contributed by atoms with Crippen LogP contribution in [0.2, 0.25) is 0 Å². The van der Waals surface area contributed by atoms with E-state index in [0.29, 0.717) is 12.0 Å². The van der Waals surface area contributed by atoms with Crippen LogP contribution in [0.1, 0.15) is 22.8 Å². The number of carbonyl (C=O) groups is 1. The van der Waals surface area contributed by atoms with Crippen LogP contribution in [-0.2, 0) is 6.42 Å². The number of aromatic amines is 1. The predicted molar refractivity (Wildman–Crippen MR) is 43.4 cm³/mol. The fraction of sp³-hybridized carbons (Fsp3) is 0.250. The molecule has 12 heavy (non-hydrogen) atoms. The second-order valence-corrected chi connectivity index (χ2v) is 2.38. The largest absolute Gasteiger partial charge is 0.477 e. The number of H-pyrrole nitrogens is 1. The number of carboxylic acids is 1. The molecule has 0 fully saturated rings. The number of nitrogens with one attached hydrogen (secondary N) is 1. The van der Waals surface area contributed by atoms with Crippen LogP contribution in [0, 0.1) is 0 Å². The van der Waals surface area contributed by atoms with Crippen molar-refractivity contribution in [3.63, 3.8) is 0 Å². The Balaban J connectivity index is 3.33. The van der Waals surface area contributed by atoms with E-state index in [-0.39, 0.29) is 5.56 Å². The van der Waals surface area contributed by atoms with Gasteiger partial charge in [-0.3, -0.25) is 4.79 Å². The number of hydrogen-bond donors (Lipinski definition) is 2. The minimum atomic E-state index is -1.19. The molecule has 0 amide bonds. The maximum atomic E-state index is 11.2. The van der Waals surface area contributed by atoms with Crippen LogP contribution >= 0.6 is 0 Å². The summed E-state index contributed by atoms with van der Waals surface area (Å²) in [6.07, 6.45) is 3.26. The first-order valence-electron chi connectivity index (χ1n) is 3.60. The van der Waals surface area contributed by atoms with E-state index in [1.54, 1.807) is 6.92 Å². The van der Waals surface area contributed by atoms with E-state index in [0.717, 1.165) is 0 Å². The standard InChI is InChI=1S/C8H9NO3/c1-2-5-3-9-4-6(7(5)10)8(11)12/h3-4H,2H2,1H3,(H,9,10)(H,11,12). The number of pyridine rings is 1. The van der Waals surface area contributed by atoms with Gasteiger partial charge in [-0.25, -0.2) is 4.79 Å². The summed E-state index contributed by atoms with van der Waals surface area (Å²) in [4.78, 5) is 24.3. The Morgan fingerprint density at radius 1 is 1.58 bits per heavy atom. The molecule has 1 aromatic heterocycles. The van der Waals surface area contributed by atoms with Crippen LogP contribution in [0.25, 0.3) is 0 Å². The molecule has 0 aliphatic heterocycles. The van der Waals surface area contributed by atoms with Crippen molar-refractivity contribution >= 4 is 5.97 Å². The van der Waals surface area contributed by atoms with Gasteiger partial charge in [0.1, 0.15) is 5.56 Å². The lowest BCUT2D eigenvalue weighted by Crippen LogP contribution is -2.18. The molecule has 2 N–H and O–H groups in total. The molecule has 0 aliphatic carbocycles. The van der Waals surface area contributed by atoms with Gasteiger partial charge in [-0.05, 0) is 6.42 Å². The summed E-state index contributed by atoms with van der Waals surface area (Å²) >= 11 is 0. The van der Waals surface area contributed by atoms with Crippen molar-refractivity contribution in [1.29, 1.82) is 0 Å². The Hall–Kier alpha value is -1.58. The summed E-state index contributed by atoms with van der Waals surface area (Å²) in [6.45, 7) is 1.80. The zero-order valence-corrected chi connectivity index (χ0v) is 6.63. The first-order valence-corrected chi connectivity index (χ1v) is 3.60. The highest BCUT2D eigenvalue weighted by Crippen LogP contribution is 1.94. The Labute approximate surface area is 68.9 Å². The Morgan fingerprint density at radius 2 is 2.25 bits per heavy atom. The average molecular weight is 167 g/mol. The summed E-state index contributed by atoms with van der Waals surface area (Å²) in [7, 11) is 0. The first-order chi connectivity index (χ1) is 5.66. The zero-order valence-electron chi connectivity index (χ0n) is 6.63. The van der Waals surface area contributed by atoms with Gasteiger partial charge in [0, 0.05) is 18.0 Å². The number of carboxylic acid groups (broad SMARTS) is 1. The lowest BCUT2D eigenvalue weighted by molar-refractivity contribution is 0.0695. The molecule has 4 heteroatoms. The van der Waals surface area contributed by atoms with E-state index in [4.69, 9.17) is 5.11 Å². The molecule has 0 aliphatic rings. The van der Waals surface area contributed by atoms with E-state index >= 15 is 0 Å². The molecule has 0 radical (unpaired) electrons. The van der Waals surface area contributed by atoms with Crippen molar-refractivity contribution in [2.75, 3.05) is 0 Å². The summed E-state index contributed by atoms with van der Waals surface area (Å²) in [5.41, 5.74) is -0.104. The van der Waals surface area contributed by atoms with E-state index in [2.05, 4.69) is 4.98 Å². The maximum Gasteiger partial charge on any atom is 0.341 e. The van der Waals surface area contributed by atoms with Gasteiger partial charge in [-0.15, -0.1) is 0 Å². The normalized spacial score (nSPS) is 9.75. The molecule has 0 bridgehead atoms. The lowest BCUT2D eigenvalue weighted by atomic mass is 10.1. The Morgan fingerprint density at radius 3 is 2.75 bits per heavy atom.